The first-order valence-electron chi connectivity index (χ1n) is 5.19. The second-order valence-corrected chi connectivity index (χ2v) is 4.25. The highest BCUT2D eigenvalue weighted by molar-refractivity contribution is 6.30. The maximum absolute atomic E-state index is 13.7. The zero-order valence-electron chi connectivity index (χ0n) is 9.52. The predicted octanol–water partition coefficient (Wildman–Crippen LogP) is 2.73. The van der Waals surface area contributed by atoms with Gasteiger partial charge in [0.1, 0.15) is 11.4 Å². The van der Waals surface area contributed by atoms with Crippen LogP contribution in [0.3, 0.4) is 0 Å². The van der Waals surface area contributed by atoms with Gasteiger partial charge >= 0.3 is 5.97 Å². The van der Waals surface area contributed by atoms with Crippen molar-refractivity contribution in [3.05, 3.63) is 52.1 Å². The Hall–Kier alpha value is -1.88. The Kier molecular flexibility index (Phi) is 3.34. The van der Waals surface area contributed by atoms with Crippen LogP contribution in [0.15, 0.2) is 24.4 Å². The van der Waals surface area contributed by atoms with Crippen LogP contribution in [0.1, 0.15) is 21.6 Å². The van der Waals surface area contributed by atoms with Crippen molar-refractivity contribution >= 4 is 17.6 Å². The van der Waals surface area contributed by atoms with Crippen molar-refractivity contribution in [2.75, 3.05) is 0 Å². The van der Waals surface area contributed by atoms with Gasteiger partial charge in [-0.3, -0.25) is 4.68 Å². The minimum absolute atomic E-state index is 0.0369. The van der Waals surface area contributed by atoms with Crippen LogP contribution in [0, 0.1) is 12.7 Å². The summed E-state index contributed by atoms with van der Waals surface area (Å²) in [5, 5.41) is 13.0. The van der Waals surface area contributed by atoms with Crippen molar-refractivity contribution in [3.63, 3.8) is 0 Å². The Bertz CT molecular complexity index is 610. The second kappa shape index (κ2) is 4.78. The lowest BCUT2D eigenvalue weighted by Gasteiger charge is -2.04. The molecule has 2 aromatic rings. The Morgan fingerprint density at radius 2 is 2.28 bits per heavy atom. The molecule has 1 N–H and O–H groups in total. The largest absolute Gasteiger partial charge is 0.478 e. The molecule has 6 heteroatoms. The summed E-state index contributed by atoms with van der Waals surface area (Å²) in [6.45, 7) is 1.73. The summed E-state index contributed by atoms with van der Waals surface area (Å²) in [4.78, 5) is 10.9. The topological polar surface area (TPSA) is 55.1 Å². The zero-order chi connectivity index (χ0) is 13.3. The molecule has 0 saturated carbocycles. The van der Waals surface area contributed by atoms with Crippen LogP contribution in [-0.4, -0.2) is 20.9 Å². The van der Waals surface area contributed by atoms with Gasteiger partial charge in [0.25, 0.3) is 0 Å². The molecule has 94 valence electrons. The number of hydrogen-bond acceptors (Lipinski definition) is 2. The minimum Gasteiger partial charge on any atom is -0.478 e. The van der Waals surface area contributed by atoms with E-state index in [1.807, 2.05) is 0 Å². The smallest absolute Gasteiger partial charge is 0.339 e. The summed E-state index contributed by atoms with van der Waals surface area (Å²) >= 11 is 5.67. The van der Waals surface area contributed by atoms with E-state index < -0.39 is 11.8 Å². The molecule has 0 aliphatic heterocycles. The van der Waals surface area contributed by atoms with Gasteiger partial charge in [0, 0.05) is 11.8 Å². The van der Waals surface area contributed by atoms with Crippen LogP contribution >= 0.6 is 11.6 Å². The summed E-state index contributed by atoms with van der Waals surface area (Å²) in [7, 11) is 0. The molecule has 0 amide bonds. The molecule has 1 aromatic heterocycles. The number of carbonyl (C=O) groups is 1. The molecule has 0 radical (unpaired) electrons. The molecule has 2 rings (SSSR count). The molecular formula is C12H10ClFN2O2. The monoisotopic (exact) mass is 268 g/mol. The van der Waals surface area contributed by atoms with E-state index in [0.29, 0.717) is 11.3 Å². The fourth-order valence-corrected chi connectivity index (χ4v) is 1.85. The standard InChI is InChI=1S/C12H10ClFN2O2/c1-7-9(12(17)18)6-16(15-7)5-8-3-2-4-10(13)11(8)14/h2-4,6H,5H2,1H3,(H,17,18). The molecule has 0 saturated heterocycles. The first-order chi connectivity index (χ1) is 8.49. The third-order valence-corrected chi connectivity index (χ3v) is 2.83. The number of aromatic carboxylic acids is 1. The van der Waals surface area contributed by atoms with Crippen molar-refractivity contribution in [2.45, 2.75) is 13.5 Å². The van der Waals surface area contributed by atoms with Crippen LogP contribution in [0.5, 0.6) is 0 Å². The second-order valence-electron chi connectivity index (χ2n) is 3.84. The van der Waals surface area contributed by atoms with E-state index in [0.717, 1.165) is 0 Å². The highest BCUT2D eigenvalue weighted by Gasteiger charge is 2.13. The van der Waals surface area contributed by atoms with E-state index in [4.69, 9.17) is 16.7 Å². The summed E-state index contributed by atoms with van der Waals surface area (Å²) < 4.78 is 15.0. The third-order valence-electron chi connectivity index (χ3n) is 2.54. The normalized spacial score (nSPS) is 10.6. The first-order valence-corrected chi connectivity index (χ1v) is 5.57. The molecule has 0 spiro atoms. The van der Waals surface area contributed by atoms with Crippen LogP contribution in [0.2, 0.25) is 5.02 Å². The van der Waals surface area contributed by atoms with Crippen LogP contribution in [0.4, 0.5) is 4.39 Å². The summed E-state index contributed by atoms with van der Waals surface area (Å²) in [6, 6.07) is 4.67. The maximum atomic E-state index is 13.7. The molecule has 0 aliphatic carbocycles. The molecular weight excluding hydrogens is 259 g/mol. The SMILES string of the molecule is Cc1nn(Cc2cccc(Cl)c2F)cc1C(=O)O. The molecule has 1 aromatic carbocycles. The lowest BCUT2D eigenvalue weighted by atomic mass is 10.2. The van der Waals surface area contributed by atoms with Gasteiger partial charge in [-0.25, -0.2) is 9.18 Å². The Labute approximate surface area is 108 Å². The number of rotatable bonds is 3. The van der Waals surface area contributed by atoms with Gasteiger partial charge in [0.2, 0.25) is 0 Å². The quantitative estimate of drug-likeness (QED) is 0.931. The number of carboxylic acid groups (broad SMARTS) is 1. The third kappa shape index (κ3) is 2.36. The zero-order valence-corrected chi connectivity index (χ0v) is 10.3. The fourth-order valence-electron chi connectivity index (χ4n) is 1.65. The van der Waals surface area contributed by atoms with Gasteiger partial charge in [0.15, 0.2) is 0 Å². The van der Waals surface area contributed by atoms with E-state index >= 15 is 0 Å². The Balaban J connectivity index is 2.32. The molecule has 0 unspecified atom stereocenters. The summed E-state index contributed by atoms with van der Waals surface area (Å²) in [6.07, 6.45) is 1.37. The lowest BCUT2D eigenvalue weighted by Crippen LogP contribution is -2.03. The van der Waals surface area contributed by atoms with Crippen LogP contribution in [-0.2, 0) is 6.54 Å². The van der Waals surface area contributed by atoms with Gasteiger partial charge in [-0.15, -0.1) is 0 Å². The van der Waals surface area contributed by atoms with Crippen molar-refractivity contribution < 1.29 is 14.3 Å². The van der Waals surface area contributed by atoms with E-state index in [1.165, 1.54) is 16.9 Å². The maximum Gasteiger partial charge on any atom is 0.339 e. The van der Waals surface area contributed by atoms with Crippen LogP contribution in [0.25, 0.3) is 0 Å². The van der Waals surface area contributed by atoms with E-state index in [9.17, 15) is 9.18 Å². The molecule has 0 fully saturated rings. The van der Waals surface area contributed by atoms with Crippen molar-refractivity contribution in [3.8, 4) is 0 Å². The minimum atomic E-state index is -1.05. The predicted molar refractivity (Wildman–Crippen MR) is 64.4 cm³/mol. The highest BCUT2D eigenvalue weighted by Crippen LogP contribution is 2.19. The van der Waals surface area contributed by atoms with E-state index in [1.54, 1.807) is 19.1 Å². The Morgan fingerprint density at radius 3 is 2.89 bits per heavy atom. The van der Waals surface area contributed by atoms with Gasteiger partial charge in [-0.05, 0) is 13.0 Å². The molecule has 0 atom stereocenters. The van der Waals surface area contributed by atoms with Crippen LogP contribution < -0.4 is 0 Å². The number of halogens is 2. The molecule has 4 nitrogen and oxygen atoms in total. The average molecular weight is 269 g/mol. The van der Waals surface area contributed by atoms with E-state index in [-0.39, 0.29) is 17.1 Å². The van der Waals surface area contributed by atoms with Gasteiger partial charge in [0.05, 0.1) is 17.3 Å². The highest BCUT2D eigenvalue weighted by atomic mass is 35.5. The number of nitrogens with zero attached hydrogens (tertiary/aromatic N) is 2. The average Bonchev–Trinajstić information content (AvgIpc) is 2.66. The molecule has 1 heterocycles. The Morgan fingerprint density at radius 1 is 1.56 bits per heavy atom. The van der Waals surface area contributed by atoms with Crippen molar-refractivity contribution in [1.29, 1.82) is 0 Å². The fraction of sp³-hybridized carbons (Fsp3) is 0.167. The molecule has 0 bridgehead atoms. The summed E-state index contributed by atoms with van der Waals surface area (Å²) in [5.74, 6) is -1.56. The summed E-state index contributed by atoms with van der Waals surface area (Å²) in [5.41, 5.74) is 0.865. The number of aryl methyl sites for hydroxylation is 1. The first kappa shape index (κ1) is 12.6. The van der Waals surface area contributed by atoms with Gasteiger partial charge < -0.3 is 5.11 Å². The van der Waals surface area contributed by atoms with E-state index in [2.05, 4.69) is 5.10 Å². The number of benzene rings is 1. The molecule has 18 heavy (non-hydrogen) atoms. The van der Waals surface area contributed by atoms with Gasteiger partial charge in [-0.2, -0.15) is 5.10 Å². The number of carboxylic acids is 1. The van der Waals surface area contributed by atoms with Gasteiger partial charge in [-0.1, -0.05) is 23.7 Å². The lowest BCUT2D eigenvalue weighted by molar-refractivity contribution is 0.0696. The molecule has 0 aliphatic rings. The van der Waals surface area contributed by atoms with Crippen molar-refractivity contribution in [2.24, 2.45) is 0 Å². The number of aromatic nitrogens is 2. The van der Waals surface area contributed by atoms with Crippen molar-refractivity contribution in [1.82, 2.24) is 9.78 Å². The number of hydrogen-bond donors (Lipinski definition) is 1.